The van der Waals surface area contributed by atoms with Gasteiger partial charge in [0.05, 0.1) is 5.52 Å². The molecule has 0 saturated heterocycles. The van der Waals surface area contributed by atoms with E-state index in [1.807, 2.05) is 6.07 Å². The molecule has 0 fully saturated rings. The van der Waals surface area contributed by atoms with Crippen LogP contribution in [0.5, 0.6) is 0 Å². The molecule has 6 heteroatoms. The lowest BCUT2D eigenvalue weighted by atomic mass is 10.3. The zero-order chi connectivity index (χ0) is 10.2. The van der Waals surface area contributed by atoms with Crippen molar-refractivity contribution in [1.82, 2.24) is 14.8 Å². The van der Waals surface area contributed by atoms with Crippen LogP contribution in [0.4, 0.5) is 0 Å². The second-order valence-electron chi connectivity index (χ2n) is 2.95. The summed E-state index contributed by atoms with van der Waals surface area (Å²) >= 11 is 0. The lowest BCUT2D eigenvalue weighted by Crippen LogP contribution is -2.00. The molecule has 1 heterocycles. The number of benzene rings is 1. The molecule has 0 bridgehead atoms. The third-order valence-corrected chi connectivity index (χ3v) is 3.75. The van der Waals surface area contributed by atoms with Gasteiger partial charge >= 0.3 is 7.52 Å². The summed E-state index contributed by atoms with van der Waals surface area (Å²) in [6.07, 6.45) is 0.153. The Kier molecular flexibility index (Phi) is 2.13. The third-order valence-electron chi connectivity index (χ3n) is 2.04. The van der Waals surface area contributed by atoms with E-state index in [-0.39, 0.29) is 6.16 Å². The van der Waals surface area contributed by atoms with Gasteiger partial charge in [-0.3, -0.25) is 4.57 Å². The first-order valence-corrected chi connectivity index (χ1v) is 6.08. The lowest BCUT2D eigenvalue weighted by molar-refractivity contribution is 0.462. The molecular formula is C8H10N3O2P. The molecule has 0 spiro atoms. The summed E-state index contributed by atoms with van der Waals surface area (Å²) in [6.45, 7) is 1.65. The Morgan fingerprint density at radius 2 is 2.21 bits per heavy atom. The van der Waals surface area contributed by atoms with Gasteiger partial charge in [0.25, 0.3) is 0 Å². The highest BCUT2D eigenvalue weighted by molar-refractivity contribution is 7.56. The van der Waals surface area contributed by atoms with E-state index in [1.54, 1.807) is 25.1 Å². The molecule has 1 aromatic carbocycles. The highest BCUT2D eigenvalue weighted by atomic mass is 31.2. The number of hydrogen-bond donors (Lipinski definition) is 1. The molecule has 14 heavy (non-hydrogen) atoms. The Labute approximate surface area is 80.9 Å². The van der Waals surface area contributed by atoms with Crippen molar-refractivity contribution in [2.24, 2.45) is 0 Å². The van der Waals surface area contributed by atoms with Gasteiger partial charge in [0.1, 0.15) is 5.52 Å². The second-order valence-corrected chi connectivity index (χ2v) is 5.29. The fourth-order valence-electron chi connectivity index (χ4n) is 1.22. The van der Waals surface area contributed by atoms with Crippen molar-refractivity contribution in [3.63, 3.8) is 0 Å². The molecule has 0 aliphatic heterocycles. The zero-order valence-electron chi connectivity index (χ0n) is 7.66. The maximum absolute atomic E-state index is 11.7. The van der Waals surface area contributed by atoms with Crippen LogP contribution in [0.15, 0.2) is 24.3 Å². The van der Waals surface area contributed by atoms with Gasteiger partial charge < -0.3 is 4.89 Å². The number of nitrogens with zero attached hydrogens (tertiary/aromatic N) is 3. The SMILES string of the molecule is CCP(=O)(O)n1nnc2ccccc21. The van der Waals surface area contributed by atoms with Crippen molar-refractivity contribution in [3.8, 4) is 0 Å². The molecule has 0 saturated carbocycles. The van der Waals surface area contributed by atoms with E-state index < -0.39 is 7.52 Å². The maximum Gasteiger partial charge on any atom is 0.314 e. The molecule has 5 nitrogen and oxygen atoms in total. The van der Waals surface area contributed by atoms with Gasteiger partial charge in [0.2, 0.25) is 0 Å². The van der Waals surface area contributed by atoms with Gasteiger partial charge in [0.15, 0.2) is 0 Å². The molecule has 0 aliphatic rings. The summed E-state index contributed by atoms with van der Waals surface area (Å²) < 4.78 is 12.8. The van der Waals surface area contributed by atoms with Gasteiger partial charge in [-0.25, -0.2) is 0 Å². The summed E-state index contributed by atoms with van der Waals surface area (Å²) in [5, 5.41) is 7.51. The summed E-state index contributed by atoms with van der Waals surface area (Å²) in [7, 11) is -3.38. The molecule has 1 N–H and O–H groups in total. The van der Waals surface area contributed by atoms with Crippen LogP contribution in [0.3, 0.4) is 0 Å². The van der Waals surface area contributed by atoms with E-state index in [2.05, 4.69) is 10.3 Å². The largest absolute Gasteiger partial charge is 0.328 e. The Hall–Kier alpha value is -1.19. The molecule has 74 valence electrons. The highest BCUT2D eigenvalue weighted by Crippen LogP contribution is 2.42. The van der Waals surface area contributed by atoms with Crippen LogP contribution in [0.25, 0.3) is 11.0 Å². The molecule has 1 aromatic heterocycles. The van der Waals surface area contributed by atoms with E-state index in [0.717, 1.165) is 4.45 Å². The van der Waals surface area contributed by atoms with E-state index >= 15 is 0 Å². The van der Waals surface area contributed by atoms with E-state index in [4.69, 9.17) is 0 Å². The molecule has 2 aromatic rings. The maximum atomic E-state index is 11.7. The fraction of sp³-hybridized carbons (Fsp3) is 0.250. The Balaban J connectivity index is 2.70. The Morgan fingerprint density at radius 3 is 2.93 bits per heavy atom. The van der Waals surface area contributed by atoms with Crippen molar-refractivity contribution in [2.45, 2.75) is 6.92 Å². The minimum Gasteiger partial charge on any atom is -0.328 e. The topological polar surface area (TPSA) is 68.0 Å². The Morgan fingerprint density at radius 1 is 1.50 bits per heavy atom. The van der Waals surface area contributed by atoms with E-state index in [9.17, 15) is 9.46 Å². The van der Waals surface area contributed by atoms with Crippen LogP contribution >= 0.6 is 7.52 Å². The number of fused-ring (bicyclic) bond motifs is 1. The van der Waals surface area contributed by atoms with Crippen molar-refractivity contribution in [1.29, 1.82) is 0 Å². The lowest BCUT2D eigenvalue weighted by Gasteiger charge is -2.08. The van der Waals surface area contributed by atoms with Gasteiger partial charge in [-0.2, -0.15) is 4.45 Å². The van der Waals surface area contributed by atoms with Crippen molar-refractivity contribution >= 4 is 18.6 Å². The standard InChI is InChI=1S/C8H10N3O2P/c1-2-14(12,13)11-8-6-4-3-5-7(8)9-10-11/h3-6H,2H2,1H3,(H,12,13). The van der Waals surface area contributed by atoms with Crippen LogP contribution < -0.4 is 0 Å². The average molecular weight is 211 g/mol. The first kappa shape index (κ1) is 9.37. The van der Waals surface area contributed by atoms with E-state index in [0.29, 0.717) is 11.0 Å². The van der Waals surface area contributed by atoms with Crippen LogP contribution in [0.2, 0.25) is 0 Å². The number of rotatable bonds is 2. The minimum absolute atomic E-state index is 0.153. The van der Waals surface area contributed by atoms with Gasteiger partial charge in [-0.15, -0.1) is 5.10 Å². The third kappa shape index (κ3) is 1.35. The first-order chi connectivity index (χ1) is 6.65. The molecule has 1 unspecified atom stereocenters. The predicted molar refractivity (Wildman–Crippen MR) is 53.3 cm³/mol. The molecule has 1 atom stereocenters. The highest BCUT2D eigenvalue weighted by Gasteiger charge is 2.21. The second kappa shape index (κ2) is 3.19. The number of para-hydroxylation sites is 1. The number of aromatic nitrogens is 3. The summed E-state index contributed by atoms with van der Waals surface area (Å²) in [6, 6.07) is 7.09. The van der Waals surface area contributed by atoms with E-state index in [1.165, 1.54) is 0 Å². The average Bonchev–Trinajstić information content (AvgIpc) is 2.61. The summed E-state index contributed by atoms with van der Waals surface area (Å²) in [5.74, 6) is 0. The quantitative estimate of drug-likeness (QED) is 0.764. The Bertz CT molecular complexity index is 508. The van der Waals surface area contributed by atoms with Crippen LogP contribution in [-0.4, -0.2) is 25.8 Å². The number of hydrogen-bond acceptors (Lipinski definition) is 3. The van der Waals surface area contributed by atoms with Crippen LogP contribution in [-0.2, 0) is 4.57 Å². The van der Waals surface area contributed by atoms with Crippen molar-refractivity contribution < 1.29 is 9.46 Å². The summed E-state index contributed by atoms with van der Waals surface area (Å²) in [4.78, 5) is 9.60. The predicted octanol–water partition coefficient (Wildman–Crippen LogP) is 1.48. The summed E-state index contributed by atoms with van der Waals surface area (Å²) in [5.41, 5.74) is 1.23. The van der Waals surface area contributed by atoms with Crippen LogP contribution in [0, 0.1) is 0 Å². The smallest absolute Gasteiger partial charge is 0.314 e. The monoisotopic (exact) mass is 211 g/mol. The molecule has 0 radical (unpaired) electrons. The first-order valence-electron chi connectivity index (χ1n) is 4.28. The molecule has 2 rings (SSSR count). The van der Waals surface area contributed by atoms with Gasteiger partial charge in [0, 0.05) is 6.16 Å². The zero-order valence-corrected chi connectivity index (χ0v) is 8.56. The van der Waals surface area contributed by atoms with Gasteiger partial charge in [-0.05, 0) is 12.1 Å². The van der Waals surface area contributed by atoms with Crippen molar-refractivity contribution in [2.75, 3.05) is 6.16 Å². The molecular weight excluding hydrogens is 201 g/mol. The molecule has 0 amide bonds. The molecule has 0 aliphatic carbocycles. The minimum atomic E-state index is -3.38. The van der Waals surface area contributed by atoms with Crippen molar-refractivity contribution in [3.05, 3.63) is 24.3 Å². The fourth-order valence-corrected chi connectivity index (χ4v) is 2.16. The van der Waals surface area contributed by atoms with Gasteiger partial charge in [-0.1, -0.05) is 24.3 Å². The normalized spacial score (nSPS) is 15.6. The van der Waals surface area contributed by atoms with Crippen LogP contribution in [0.1, 0.15) is 6.92 Å².